The van der Waals surface area contributed by atoms with Gasteiger partial charge in [-0.25, -0.2) is 0 Å². The van der Waals surface area contributed by atoms with Gasteiger partial charge in [0.15, 0.2) is 0 Å². The van der Waals surface area contributed by atoms with Gasteiger partial charge in [-0.15, -0.1) is 0 Å². The van der Waals surface area contributed by atoms with Crippen molar-refractivity contribution in [3.63, 3.8) is 0 Å². The molecule has 0 aliphatic heterocycles. The Hall–Kier alpha value is -1.82. The molecule has 4 rings (SSSR count). The van der Waals surface area contributed by atoms with Crippen molar-refractivity contribution in [3.8, 4) is 11.1 Å². The molecule has 0 N–H and O–H groups in total. The predicted molar refractivity (Wildman–Crippen MR) is 88.6 cm³/mol. The average molecular weight is 321 g/mol. The van der Waals surface area contributed by atoms with Crippen molar-refractivity contribution in [1.82, 2.24) is 0 Å². The SMILES string of the molecule is Cc1ccccc1-c1ccc2[se]c3ccccc3c2c1. The van der Waals surface area contributed by atoms with Crippen LogP contribution in [-0.4, -0.2) is 14.5 Å². The van der Waals surface area contributed by atoms with Gasteiger partial charge in [-0.05, 0) is 0 Å². The summed E-state index contributed by atoms with van der Waals surface area (Å²) in [5.74, 6) is 0. The Morgan fingerprint density at radius 1 is 0.700 bits per heavy atom. The zero-order valence-corrected chi connectivity index (χ0v) is 13.0. The molecule has 96 valence electrons. The molecule has 0 spiro atoms. The van der Waals surface area contributed by atoms with E-state index in [0.29, 0.717) is 14.5 Å². The summed E-state index contributed by atoms with van der Waals surface area (Å²) in [6.45, 7) is 2.18. The van der Waals surface area contributed by atoms with E-state index in [-0.39, 0.29) is 0 Å². The fourth-order valence-electron chi connectivity index (χ4n) is 2.79. The molecule has 1 heterocycles. The Bertz CT molecular complexity index is 915. The third-order valence-electron chi connectivity index (χ3n) is 3.83. The summed E-state index contributed by atoms with van der Waals surface area (Å²) >= 11 is 0.468. The van der Waals surface area contributed by atoms with Crippen LogP contribution in [0.15, 0.2) is 66.7 Å². The third-order valence-corrected chi connectivity index (χ3v) is 6.25. The van der Waals surface area contributed by atoms with Crippen molar-refractivity contribution in [2.75, 3.05) is 0 Å². The van der Waals surface area contributed by atoms with Gasteiger partial charge in [0.1, 0.15) is 0 Å². The Labute approximate surface area is 124 Å². The van der Waals surface area contributed by atoms with Crippen LogP contribution < -0.4 is 0 Å². The van der Waals surface area contributed by atoms with Crippen LogP contribution in [0, 0.1) is 6.92 Å². The summed E-state index contributed by atoms with van der Waals surface area (Å²) < 4.78 is 3.02. The second-order valence-corrected chi connectivity index (χ2v) is 7.40. The molecule has 1 aromatic heterocycles. The van der Waals surface area contributed by atoms with Gasteiger partial charge in [-0.3, -0.25) is 0 Å². The normalized spacial score (nSPS) is 11.2. The Balaban J connectivity index is 2.03. The van der Waals surface area contributed by atoms with Crippen molar-refractivity contribution >= 4 is 33.8 Å². The first kappa shape index (κ1) is 12.0. The quantitative estimate of drug-likeness (QED) is 0.432. The summed E-state index contributed by atoms with van der Waals surface area (Å²) in [6.07, 6.45) is 0. The standard InChI is InChI=1S/C19H14Se/c1-13-6-2-3-7-15(13)14-10-11-19-17(12-14)16-8-4-5-9-18(16)20-19/h2-12H,1H3. The summed E-state index contributed by atoms with van der Waals surface area (Å²) in [5.41, 5.74) is 4.01. The molecule has 0 atom stereocenters. The molecule has 0 saturated heterocycles. The number of rotatable bonds is 1. The molecule has 0 saturated carbocycles. The van der Waals surface area contributed by atoms with E-state index in [2.05, 4.69) is 73.7 Å². The summed E-state index contributed by atoms with van der Waals surface area (Å²) in [5, 5.41) is 2.86. The molecule has 4 aromatic rings. The molecule has 0 fully saturated rings. The zero-order chi connectivity index (χ0) is 13.5. The maximum absolute atomic E-state index is 2.37. The zero-order valence-electron chi connectivity index (χ0n) is 11.3. The van der Waals surface area contributed by atoms with E-state index in [4.69, 9.17) is 0 Å². The Morgan fingerprint density at radius 3 is 2.35 bits per heavy atom. The molecule has 0 radical (unpaired) electrons. The van der Waals surface area contributed by atoms with E-state index in [9.17, 15) is 0 Å². The van der Waals surface area contributed by atoms with E-state index in [1.165, 1.54) is 36.0 Å². The Morgan fingerprint density at radius 2 is 1.45 bits per heavy atom. The molecule has 0 unspecified atom stereocenters. The predicted octanol–water partition coefficient (Wildman–Crippen LogP) is 5.03. The Kier molecular flexibility index (Phi) is 2.77. The molecular formula is C19H14Se. The van der Waals surface area contributed by atoms with E-state index < -0.39 is 0 Å². The number of fused-ring (bicyclic) bond motifs is 3. The number of benzene rings is 3. The minimum absolute atomic E-state index is 0.468. The third kappa shape index (κ3) is 1.83. The van der Waals surface area contributed by atoms with Crippen LogP contribution in [0.2, 0.25) is 0 Å². The van der Waals surface area contributed by atoms with Crippen LogP contribution in [0.5, 0.6) is 0 Å². The first-order chi connectivity index (χ1) is 9.83. The number of aryl methyl sites for hydroxylation is 1. The summed E-state index contributed by atoms with van der Waals surface area (Å²) in [4.78, 5) is 0. The molecule has 1 heteroatoms. The van der Waals surface area contributed by atoms with Crippen LogP contribution in [0.4, 0.5) is 0 Å². The van der Waals surface area contributed by atoms with Crippen LogP contribution >= 0.6 is 0 Å². The first-order valence-electron chi connectivity index (χ1n) is 6.80. The molecule has 0 nitrogen and oxygen atoms in total. The van der Waals surface area contributed by atoms with E-state index in [1.807, 2.05) is 0 Å². The maximum atomic E-state index is 2.37. The van der Waals surface area contributed by atoms with Crippen LogP contribution in [0.25, 0.3) is 30.4 Å². The second-order valence-electron chi connectivity index (χ2n) is 5.12. The molecular weight excluding hydrogens is 307 g/mol. The van der Waals surface area contributed by atoms with Gasteiger partial charge >= 0.3 is 124 Å². The topological polar surface area (TPSA) is 0 Å². The second kappa shape index (κ2) is 4.63. The molecule has 0 aliphatic carbocycles. The fraction of sp³-hybridized carbons (Fsp3) is 0.0526. The van der Waals surface area contributed by atoms with Crippen molar-refractivity contribution < 1.29 is 0 Å². The van der Waals surface area contributed by atoms with E-state index in [1.54, 1.807) is 0 Å². The molecule has 3 aromatic carbocycles. The van der Waals surface area contributed by atoms with Crippen molar-refractivity contribution in [2.24, 2.45) is 0 Å². The average Bonchev–Trinajstić information content (AvgIpc) is 2.85. The van der Waals surface area contributed by atoms with Gasteiger partial charge in [0.05, 0.1) is 0 Å². The van der Waals surface area contributed by atoms with Crippen molar-refractivity contribution in [3.05, 3.63) is 72.3 Å². The van der Waals surface area contributed by atoms with E-state index in [0.717, 1.165) is 0 Å². The first-order valence-corrected chi connectivity index (χ1v) is 8.51. The monoisotopic (exact) mass is 322 g/mol. The number of hydrogen-bond donors (Lipinski definition) is 0. The van der Waals surface area contributed by atoms with Crippen LogP contribution in [0.3, 0.4) is 0 Å². The van der Waals surface area contributed by atoms with Crippen LogP contribution in [-0.2, 0) is 0 Å². The number of hydrogen-bond acceptors (Lipinski definition) is 0. The van der Waals surface area contributed by atoms with Gasteiger partial charge in [0.2, 0.25) is 0 Å². The van der Waals surface area contributed by atoms with Crippen LogP contribution in [0.1, 0.15) is 5.56 Å². The minimum atomic E-state index is 0.468. The fourth-order valence-corrected chi connectivity index (χ4v) is 5.07. The van der Waals surface area contributed by atoms with Gasteiger partial charge in [-0.1, -0.05) is 0 Å². The van der Waals surface area contributed by atoms with Gasteiger partial charge in [0, 0.05) is 0 Å². The summed E-state index contributed by atoms with van der Waals surface area (Å²) in [7, 11) is 0. The molecule has 0 amide bonds. The molecule has 20 heavy (non-hydrogen) atoms. The van der Waals surface area contributed by atoms with Crippen molar-refractivity contribution in [1.29, 1.82) is 0 Å². The van der Waals surface area contributed by atoms with Gasteiger partial charge in [0.25, 0.3) is 0 Å². The van der Waals surface area contributed by atoms with Gasteiger partial charge < -0.3 is 0 Å². The van der Waals surface area contributed by atoms with Crippen molar-refractivity contribution in [2.45, 2.75) is 6.92 Å². The molecule has 0 aliphatic rings. The molecule has 0 bridgehead atoms. The summed E-state index contributed by atoms with van der Waals surface area (Å²) in [6, 6.07) is 24.4. The van der Waals surface area contributed by atoms with Gasteiger partial charge in [-0.2, -0.15) is 0 Å². The van der Waals surface area contributed by atoms with E-state index >= 15 is 0 Å².